The van der Waals surface area contributed by atoms with E-state index in [2.05, 4.69) is 34.4 Å². The van der Waals surface area contributed by atoms with E-state index in [1.807, 2.05) is 7.05 Å². The molecule has 1 amide bonds. The summed E-state index contributed by atoms with van der Waals surface area (Å²) in [6.45, 7) is 7.59. The molecule has 1 saturated heterocycles. The molecule has 1 rings (SSSR count). The molecule has 1 heterocycles. The monoisotopic (exact) mass is 297 g/mol. The molecule has 21 heavy (non-hydrogen) atoms. The van der Waals surface area contributed by atoms with Crippen LogP contribution in [0.5, 0.6) is 0 Å². The lowest BCUT2D eigenvalue weighted by molar-refractivity contribution is -0.119. The SMILES string of the molecule is CCC(CC)CNC(=NC)NC1CCN(CC(N)=O)CC1. The minimum absolute atomic E-state index is 0.246. The van der Waals surface area contributed by atoms with E-state index in [9.17, 15) is 4.79 Å². The van der Waals surface area contributed by atoms with Crippen molar-refractivity contribution in [1.82, 2.24) is 15.5 Å². The Hall–Kier alpha value is -1.30. The summed E-state index contributed by atoms with van der Waals surface area (Å²) in [5.41, 5.74) is 5.23. The van der Waals surface area contributed by atoms with Crippen LogP contribution in [0.2, 0.25) is 0 Å². The topological polar surface area (TPSA) is 82.8 Å². The number of guanidine groups is 1. The van der Waals surface area contributed by atoms with E-state index < -0.39 is 0 Å². The summed E-state index contributed by atoms with van der Waals surface area (Å²) in [4.78, 5) is 17.3. The number of primary amides is 1. The standard InChI is InChI=1S/C15H31N5O/c1-4-12(5-2)10-18-15(17-3)19-13-6-8-20(9-7-13)11-14(16)21/h12-13H,4-11H2,1-3H3,(H2,16,21)(H2,17,18,19). The molecule has 4 N–H and O–H groups in total. The fourth-order valence-electron chi connectivity index (χ4n) is 2.66. The van der Waals surface area contributed by atoms with Gasteiger partial charge in [-0.2, -0.15) is 0 Å². The van der Waals surface area contributed by atoms with Crippen molar-refractivity contribution < 1.29 is 4.79 Å². The molecule has 1 aliphatic heterocycles. The van der Waals surface area contributed by atoms with E-state index in [-0.39, 0.29) is 5.91 Å². The van der Waals surface area contributed by atoms with Gasteiger partial charge in [-0.05, 0) is 18.8 Å². The molecule has 122 valence electrons. The molecule has 0 aromatic rings. The first-order valence-corrected chi connectivity index (χ1v) is 8.06. The average Bonchev–Trinajstić information content (AvgIpc) is 2.48. The van der Waals surface area contributed by atoms with Gasteiger partial charge in [0.25, 0.3) is 0 Å². The lowest BCUT2D eigenvalue weighted by Gasteiger charge is -2.32. The van der Waals surface area contributed by atoms with Crippen LogP contribution in [0, 0.1) is 5.92 Å². The van der Waals surface area contributed by atoms with E-state index >= 15 is 0 Å². The van der Waals surface area contributed by atoms with E-state index in [1.165, 1.54) is 12.8 Å². The van der Waals surface area contributed by atoms with Crippen molar-refractivity contribution in [3.8, 4) is 0 Å². The average molecular weight is 297 g/mol. The molecule has 0 bridgehead atoms. The van der Waals surface area contributed by atoms with E-state index in [0.717, 1.165) is 38.4 Å². The number of amides is 1. The molecule has 0 saturated carbocycles. The third-order valence-corrected chi connectivity index (χ3v) is 4.24. The first kappa shape index (κ1) is 17.8. The van der Waals surface area contributed by atoms with Crippen LogP contribution in [0.3, 0.4) is 0 Å². The number of carbonyl (C=O) groups is 1. The van der Waals surface area contributed by atoms with Crippen LogP contribution >= 0.6 is 0 Å². The highest BCUT2D eigenvalue weighted by atomic mass is 16.1. The molecule has 6 heteroatoms. The number of nitrogens with zero attached hydrogens (tertiary/aromatic N) is 2. The van der Waals surface area contributed by atoms with Gasteiger partial charge in [0.15, 0.2) is 5.96 Å². The van der Waals surface area contributed by atoms with Crippen molar-refractivity contribution >= 4 is 11.9 Å². The lowest BCUT2D eigenvalue weighted by Crippen LogP contribution is -2.50. The zero-order chi connectivity index (χ0) is 15.7. The summed E-state index contributed by atoms with van der Waals surface area (Å²) in [7, 11) is 1.81. The number of aliphatic imine (C=N–C) groups is 1. The minimum Gasteiger partial charge on any atom is -0.369 e. The number of hydrogen-bond donors (Lipinski definition) is 3. The summed E-state index contributed by atoms with van der Waals surface area (Å²) < 4.78 is 0. The highest BCUT2D eigenvalue weighted by Crippen LogP contribution is 2.10. The summed E-state index contributed by atoms with van der Waals surface area (Å²) >= 11 is 0. The molecule has 6 nitrogen and oxygen atoms in total. The number of hydrogen-bond acceptors (Lipinski definition) is 3. The van der Waals surface area contributed by atoms with Gasteiger partial charge in [-0.1, -0.05) is 26.7 Å². The van der Waals surface area contributed by atoms with Crippen molar-refractivity contribution in [1.29, 1.82) is 0 Å². The van der Waals surface area contributed by atoms with Crippen LogP contribution in [0.1, 0.15) is 39.5 Å². The Kier molecular flexibility index (Phi) is 8.12. The Morgan fingerprint density at radius 3 is 2.43 bits per heavy atom. The molecule has 0 spiro atoms. The van der Waals surface area contributed by atoms with Gasteiger partial charge in [0.1, 0.15) is 0 Å². The van der Waals surface area contributed by atoms with Crippen LogP contribution in [-0.2, 0) is 4.79 Å². The van der Waals surface area contributed by atoms with Gasteiger partial charge >= 0.3 is 0 Å². The van der Waals surface area contributed by atoms with Gasteiger partial charge < -0.3 is 16.4 Å². The predicted octanol–water partition coefficient (Wildman–Crippen LogP) is 0.537. The number of piperidine rings is 1. The maximum atomic E-state index is 10.9. The van der Waals surface area contributed by atoms with Crippen molar-refractivity contribution in [2.24, 2.45) is 16.6 Å². The second-order valence-electron chi connectivity index (χ2n) is 5.80. The molecule has 1 aliphatic rings. The first-order valence-electron chi connectivity index (χ1n) is 8.06. The van der Waals surface area contributed by atoms with Gasteiger partial charge in [0.2, 0.25) is 5.91 Å². The quantitative estimate of drug-likeness (QED) is 0.473. The second-order valence-corrected chi connectivity index (χ2v) is 5.80. The zero-order valence-corrected chi connectivity index (χ0v) is 13.7. The van der Waals surface area contributed by atoms with Gasteiger partial charge in [0, 0.05) is 32.7 Å². The fourth-order valence-corrected chi connectivity index (χ4v) is 2.66. The zero-order valence-electron chi connectivity index (χ0n) is 13.7. The fraction of sp³-hybridized carbons (Fsp3) is 0.867. The molecule has 0 radical (unpaired) electrons. The number of nitrogens with one attached hydrogen (secondary N) is 2. The summed E-state index contributed by atoms with van der Waals surface area (Å²) in [5.74, 6) is 1.33. The highest BCUT2D eigenvalue weighted by molar-refractivity contribution is 5.80. The van der Waals surface area contributed by atoms with Crippen molar-refractivity contribution in [3.05, 3.63) is 0 Å². The van der Waals surface area contributed by atoms with Gasteiger partial charge in [-0.3, -0.25) is 14.7 Å². The van der Waals surface area contributed by atoms with Gasteiger partial charge in [0.05, 0.1) is 6.54 Å². The van der Waals surface area contributed by atoms with Crippen molar-refractivity contribution in [2.75, 3.05) is 33.2 Å². The normalized spacial score (nSPS) is 18.0. The molecule has 0 aromatic carbocycles. The number of likely N-dealkylation sites (tertiary alicyclic amines) is 1. The lowest BCUT2D eigenvalue weighted by atomic mass is 10.0. The molecule has 0 aromatic heterocycles. The summed E-state index contributed by atoms with van der Waals surface area (Å²) in [6.07, 6.45) is 4.40. The van der Waals surface area contributed by atoms with E-state index in [1.54, 1.807) is 0 Å². The maximum Gasteiger partial charge on any atom is 0.231 e. The second kappa shape index (κ2) is 9.60. The molecule has 0 aliphatic carbocycles. The maximum absolute atomic E-state index is 10.9. The Balaban J connectivity index is 2.30. The molecule has 0 unspecified atom stereocenters. The minimum atomic E-state index is -0.246. The van der Waals surface area contributed by atoms with Crippen molar-refractivity contribution in [2.45, 2.75) is 45.6 Å². The number of rotatable bonds is 7. The van der Waals surface area contributed by atoms with Crippen LogP contribution in [0.15, 0.2) is 4.99 Å². The Morgan fingerprint density at radius 1 is 1.33 bits per heavy atom. The van der Waals surface area contributed by atoms with E-state index in [4.69, 9.17) is 5.73 Å². The van der Waals surface area contributed by atoms with Crippen LogP contribution in [-0.4, -0.2) is 56.0 Å². The number of nitrogens with two attached hydrogens (primary N) is 1. The highest BCUT2D eigenvalue weighted by Gasteiger charge is 2.20. The molecular formula is C15H31N5O. The first-order chi connectivity index (χ1) is 10.1. The van der Waals surface area contributed by atoms with E-state index in [0.29, 0.717) is 18.5 Å². The molecular weight excluding hydrogens is 266 g/mol. The Labute approximate surface area is 128 Å². The predicted molar refractivity (Wildman–Crippen MR) is 87.2 cm³/mol. The molecule has 0 atom stereocenters. The van der Waals surface area contributed by atoms with Crippen LogP contribution < -0.4 is 16.4 Å². The van der Waals surface area contributed by atoms with Crippen LogP contribution in [0.4, 0.5) is 0 Å². The van der Waals surface area contributed by atoms with Crippen LogP contribution in [0.25, 0.3) is 0 Å². The third-order valence-electron chi connectivity index (χ3n) is 4.24. The number of carbonyl (C=O) groups excluding carboxylic acids is 1. The smallest absolute Gasteiger partial charge is 0.231 e. The third kappa shape index (κ3) is 6.80. The summed E-state index contributed by atoms with van der Waals surface area (Å²) in [6, 6.07) is 0.419. The van der Waals surface area contributed by atoms with Crippen molar-refractivity contribution in [3.63, 3.8) is 0 Å². The van der Waals surface area contributed by atoms with Gasteiger partial charge in [-0.15, -0.1) is 0 Å². The Bertz CT molecular complexity index is 333. The summed E-state index contributed by atoms with van der Waals surface area (Å²) in [5, 5.41) is 6.89. The van der Waals surface area contributed by atoms with Gasteiger partial charge in [-0.25, -0.2) is 0 Å². The largest absolute Gasteiger partial charge is 0.369 e. The molecule has 1 fully saturated rings. The Morgan fingerprint density at radius 2 is 1.95 bits per heavy atom.